The highest BCUT2D eigenvalue weighted by molar-refractivity contribution is 9.10. The molecule has 1 amide bonds. The Hall–Kier alpha value is -2.72. The second kappa shape index (κ2) is 8.31. The Bertz CT molecular complexity index is 983. The van der Waals surface area contributed by atoms with E-state index in [2.05, 4.69) is 21.2 Å². The minimum absolute atomic E-state index is 0.0476. The molecule has 3 aromatic rings. The topological polar surface area (TPSA) is 46.2 Å². The highest BCUT2D eigenvalue weighted by Gasteiger charge is 2.18. The number of amides is 1. The van der Waals surface area contributed by atoms with Crippen molar-refractivity contribution in [3.8, 4) is 0 Å². The molecule has 0 radical (unpaired) electrons. The van der Waals surface area contributed by atoms with Gasteiger partial charge in [0, 0.05) is 21.3 Å². The zero-order chi connectivity index (χ0) is 19.4. The number of aryl methyl sites for hydroxylation is 1. The first kappa shape index (κ1) is 19.1. The van der Waals surface area contributed by atoms with Gasteiger partial charge in [0.1, 0.15) is 0 Å². The summed E-state index contributed by atoms with van der Waals surface area (Å²) in [7, 11) is 0. The summed E-state index contributed by atoms with van der Waals surface area (Å²) in [5, 5.41) is 2.94. The lowest BCUT2D eigenvalue weighted by Crippen LogP contribution is -2.19. The molecule has 0 saturated carbocycles. The van der Waals surface area contributed by atoms with Crippen LogP contribution in [0.15, 0.2) is 77.3 Å². The van der Waals surface area contributed by atoms with E-state index in [1.165, 1.54) is 0 Å². The fraction of sp³-hybridized carbons (Fsp3) is 0.130. The molecule has 0 aliphatic carbocycles. The van der Waals surface area contributed by atoms with E-state index in [0.29, 0.717) is 11.1 Å². The van der Waals surface area contributed by atoms with Gasteiger partial charge in [-0.2, -0.15) is 0 Å². The van der Waals surface area contributed by atoms with Crippen LogP contribution >= 0.6 is 15.9 Å². The number of hydrogen-bond acceptors (Lipinski definition) is 2. The standard InChI is InChI=1S/C23H20BrNO2/c1-15-13-20(11-12-21(15)24)25-23(27)16(2)18-9-6-10-19(14-18)22(26)17-7-4-3-5-8-17/h3-14,16H,1-2H3,(H,25,27)/t16-/m1/s1. The second-order valence-corrected chi connectivity index (χ2v) is 7.35. The van der Waals surface area contributed by atoms with E-state index in [0.717, 1.165) is 21.3 Å². The molecule has 1 atom stereocenters. The van der Waals surface area contributed by atoms with Gasteiger partial charge in [0.05, 0.1) is 5.92 Å². The molecule has 136 valence electrons. The predicted molar refractivity (Wildman–Crippen MR) is 112 cm³/mol. The molecule has 3 nitrogen and oxygen atoms in total. The highest BCUT2D eigenvalue weighted by Crippen LogP contribution is 2.23. The van der Waals surface area contributed by atoms with Crippen molar-refractivity contribution >= 4 is 33.3 Å². The zero-order valence-electron chi connectivity index (χ0n) is 15.2. The molecule has 0 aliphatic rings. The summed E-state index contributed by atoms with van der Waals surface area (Å²) < 4.78 is 1.00. The maximum absolute atomic E-state index is 12.7. The van der Waals surface area contributed by atoms with Crippen LogP contribution in [-0.4, -0.2) is 11.7 Å². The van der Waals surface area contributed by atoms with Crippen LogP contribution in [0.3, 0.4) is 0 Å². The minimum atomic E-state index is -0.377. The molecule has 0 aliphatic heterocycles. The van der Waals surface area contributed by atoms with Gasteiger partial charge in [-0.25, -0.2) is 0 Å². The third kappa shape index (κ3) is 4.52. The van der Waals surface area contributed by atoms with E-state index in [4.69, 9.17) is 0 Å². The van der Waals surface area contributed by atoms with Gasteiger partial charge in [-0.1, -0.05) is 64.5 Å². The van der Waals surface area contributed by atoms with Gasteiger partial charge in [-0.05, 0) is 49.2 Å². The number of carbonyl (C=O) groups excluding carboxylic acids is 2. The average Bonchev–Trinajstić information content (AvgIpc) is 2.70. The van der Waals surface area contributed by atoms with Crippen LogP contribution in [-0.2, 0) is 4.79 Å². The molecule has 0 unspecified atom stereocenters. The summed E-state index contributed by atoms with van der Waals surface area (Å²) in [5.74, 6) is -0.535. The molecular weight excluding hydrogens is 402 g/mol. The SMILES string of the molecule is Cc1cc(NC(=O)[C@H](C)c2cccc(C(=O)c3ccccc3)c2)ccc1Br. The molecular formula is C23H20BrNO2. The van der Waals surface area contributed by atoms with E-state index >= 15 is 0 Å². The Morgan fingerprint density at radius 2 is 1.59 bits per heavy atom. The molecule has 3 aromatic carbocycles. The first-order chi connectivity index (χ1) is 13.0. The maximum Gasteiger partial charge on any atom is 0.231 e. The van der Waals surface area contributed by atoms with Crippen LogP contribution in [0.4, 0.5) is 5.69 Å². The molecule has 0 aromatic heterocycles. The van der Waals surface area contributed by atoms with Crippen molar-refractivity contribution in [3.63, 3.8) is 0 Å². The largest absolute Gasteiger partial charge is 0.326 e. The number of halogens is 1. The Morgan fingerprint density at radius 1 is 0.889 bits per heavy atom. The van der Waals surface area contributed by atoms with Gasteiger partial charge >= 0.3 is 0 Å². The summed E-state index contributed by atoms with van der Waals surface area (Å²) in [5.41, 5.74) is 3.83. The van der Waals surface area contributed by atoms with Gasteiger partial charge < -0.3 is 5.32 Å². The van der Waals surface area contributed by atoms with Crippen molar-refractivity contribution in [3.05, 3.63) is 99.5 Å². The number of nitrogens with one attached hydrogen (secondary N) is 1. The number of rotatable bonds is 5. The Labute approximate surface area is 167 Å². The molecule has 0 fully saturated rings. The van der Waals surface area contributed by atoms with Crippen LogP contribution in [0.1, 0.15) is 39.9 Å². The lowest BCUT2D eigenvalue weighted by Gasteiger charge is -2.14. The van der Waals surface area contributed by atoms with E-state index in [-0.39, 0.29) is 17.6 Å². The van der Waals surface area contributed by atoms with E-state index in [9.17, 15) is 9.59 Å². The predicted octanol–water partition coefficient (Wildman–Crippen LogP) is 5.73. The molecule has 0 saturated heterocycles. The summed E-state index contributed by atoms with van der Waals surface area (Å²) in [4.78, 5) is 25.3. The monoisotopic (exact) mass is 421 g/mol. The zero-order valence-corrected chi connectivity index (χ0v) is 16.8. The van der Waals surface area contributed by atoms with Gasteiger partial charge in [-0.3, -0.25) is 9.59 Å². The number of ketones is 1. The Morgan fingerprint density at radius 3 is 2.30 bits per heavy atom. The smallest absolute Gasteiger partial charge is 0.231 e. The Kier molecular flexibility index (Phi) is 5.87. The van der Waals surface area contributed by atoms with Crippen LogP contribution in [0.25, 0.3) is 0 Å². The van der Waals surface area contributed by atoms with Crippen LogP contribution in [0.5, 0.6) is 0 Å². The van der Waals surface area contributed by atoms with Gasteiger partial charge in [0.15, 0.2) is 5.78 Å². The molecule has 27 heavy (non-hydrogen) atoms. The maximum atomic E-state index is 12.7. The van der Waals surface area contributed by atoms with Gasteiger partial charge in [0.2, 0.25) is 5.91 Å². The fourth-order valence-corrected chi connectivity index (χ4v) is 3.08. The van der Waals surface area contributed by atoms with E-state index < -0.39 is 0 Å². The third-order valence-corrected chi connectivity index (χ3v) is 5.39. The van der Waals surface area contributed by atoms with Crippen molar-refractivity contribution in [2.24, 2.45) is 0 Å². The molecule has 0 bridgehead atoms. The number of benzene rings is 3. The lowest BCUT2D eigenvalue weighted by atomic mass is 9.95. The summed E-state index contributed by atoms with van der Waals surface area (Å²) in [6.07, 6.45) is 0. The van der Waals surface area contributed by atoms with Crippen LogP contribution in [0, 0.1) is 6.92 Å². The number of carbonyl (C=O) groups is 2. The van der Waals surface area contributed by atoms with Crippen molar-refractivity contribution in [2.45, 2.75) is 19.8 Å². The van der Waals surface area contributed by atoms with Gasteiger partial charge in [-0.15, -0.1) is 0 Å². The Balaban J connectivity index is 1.78. The highest BCUT2D eigenvalue weighted by atomic mass is 79.9. The normalized spacial score (nSPS) is 11.7. The van der Waals surface area contributed by atoms with E-state index in [1.807, 2.05) is 62.4 Å². The van der Waals surface area contributed by atoms with Crippen molar-refractivity contribution in [2.75, 3.05) is 5.32 Å². The first-order valence-electron chi connectivity index (χ1n) is 8.72. The quantitative estimate of drug-likeness (QED) is 0.534. The third-order valence-electron chi connectivity index (χ3n) is 4.50. The summed E-state index contributed by atoms with van der Waals surface area (Å²) in [6.45, 7) is 3.81. The molecule has 0 spiro atoms. The summed E-state index contributed by atoms with van der Waals surface area (Å²) in [6, 6.07) is 22.1. The second-order valence-electron chi connectivity index (χ2n) is 6.50. The van der Waals surface area contributed by atoms with Crippen LogP contribution in [0.2, 0.25) is 0 Å². The fourth-order valence-electron chi connectivity index (χ4n) is 2.83. The molecule has 4 heteroatoms. The minimum Gasteiger partial charge on any atom is -0.326 e. The summed E-state index contributed by atoms with van der Waals surface area (Å²) >= 11 is 3.46. The van der Waals surface area contributed by atoms with Crippen LogP contribution < -0.4 is 5.32 Å². The molecule has 3 rings (SSSR count). The average molecular weight is 422 g/mol. The number of anilines is 1. The van der Waals surface area contributed by atoms with E-state index in [1.54, 1.807) is 24.3 Å². The number of hydrogen-bond donors (Lipinski definition) is 1. The van der Waals surface area contributed by atoms with Crippen molar-refractivity contribution < 1.29 is 9.59 Å². The van der Waals surface area contributed by atoms with Gasteiger partial charge in [0.25, 0.3) is 0 Å². The first-order valence-corrected chi connectivity index (χ1v) is 9.52. The lowest BCUT2D eigenvalue weighted by molar-refractivity contribution is -0.117. The molecule has 1 N–H and O–H groups in total. The van der Waals surface area contributed by atoms with Crippen molar-refractivity contribution in [1.82, 2.24) is 0 Å². The van der Waals surface area contributed by atoms with Crippen molar-refractivity contribution in [1.29, 1.82) is 0 Å². The molecule has 0 heterocycles.